The number of hydrogen-bond donors (Lipinski definition) is 1. The van der Waals surface area contributed by atoms with Crippen molar-refractivity contribution in [2.75, 3.05) is 6.61 Å². The highest BCUT2D eigenvalue weighted by molar-refractivity contribution is 5.92. The molecular formula is C26H33NO5. The number of phenolic OH excluding ortho intramolecular Hbond substituents is 1. The molecule has 1 N–H and O–H groups in total. The van der Waals surface area contributed by atoms with E-state index in [-0.39, 0.29) is 34.9 Å². The van der Waals surface area contributed by atoms with Gasteiger partial charge in [-0.3, -0.25) is 0 Å². The minimum atomic E-state index is -0.686. The van der Waals surface area contributed by atoms with Gasteiger partial charge < -0.3 is 14.6 Å². The molecule has 0 saturated heterocycles. The second-order valence-corrected chi connectivity index (χ2v) is 10.1. The van der Waals surface area contributed by atoms with E-state index in [1.807, 2.05) is 6.07 Å². The molecule has 0 radical (unpaired) electrons. The van der Waals surface area contributed by atoms with Crippen LogP contribution in [0.2, 0.25) is 0 Å². The van der Waals surface area contributed by atoms with E-state index >= 15 is 0 Å². The quantitative estimate of drug-likeness (QED) is 0.410. The summed E-state index contributed by atoms with van der Waals surface area (Å²) in [4.78, 5) is 23.7. The summed E-state index contributed by atoms with van der Waals surface area (Å²) in [6, 6.07) is 9.84. The van der Waals surface area contributed by atoms with Crippen molar-refractivity contribution in [1.82, 2.24) is 0 Å². The van der Waals surface area contributed by atoms with E-state index in [2.05, 4.69) is 45.0 Å². The molecule has 0 aromatic heterocycles. The van der Waals surface area contributed by atoms with Crippen molar-refractivity contribution in [3.63, 3.8) is 0 Å². The lowest BCUT2D eigenvalue weighted by Crippen LogP contribution is -2.34. The SMILES string of the molecule is CC(C)OC(=O)c1ccc(OCC(N=O)c2ccc3c(c2)C(C)(C)CCC3(C)C)cc1O. The molecule has 1 aliphatic carbocycles. The third kappa shape index (κ3) is 4.95. The van der Waals surface area contributed by atoms with Crippen LogP contribution in [0.1, 0.15) is 87.5 Å². The molecule has 0 aliphatic heterocycles. The zero-order valence-corrected chi connectivity index (χ0v) is 19.8. The number of ether oxygens (including phenoxy) is 2. The molecule has 0 heterocycles. The molecule has 32 heavy (non-hydrogen) atoms. The first-order valence-electron chi connectivity index (χ1n) is 11.1. The fourth-order valence-electron chi connectivity index (χ4n) is 4.23. The van der Waals surface area contributed by atoms with Crippen LogP contribution >= 0.6 is 0 Å². The third-order valence-electron chi connectivity index (χ3n) is 6.33. The Balaban J connectivity index is 1.78. The van der Waals surface area contributed by atoms with Gasteiger partial charge in [-0.05, 0) is 66.3 Å². The summed E-state index contributed by atoms with van der Waals surface area (Å²) >= 11 is 0. The minimum absolute atomic E-state index is 0.0291. The molecule has 172 valence electrons. The predicted molar refractivity (Wildman–Crippen MR) is 124 cm³/mol. The van der Waals surface area contributed by atoms with Crippen LogP contribution in [0.15, 0.2) is 41.6 Å². The van der Waals surface area contributed by atoms with Crippen LogP contribution < -0.4 is 4.74 Å². The molecule has 3 rings (SSSR count). The minimum Gasteiger partial charge on any atom is -0.507 e. The van der Waals surface area contributed by atoms with Crippen molar-refractivity contribution in [1.29, 1.82) is 0 Å². The van der Waals surface area contributed by atoms with E-state index in [0.29, 0.717) is 5.75 Å². The van der Waals surface area contributed by atoms with Gasteiger partial charge >= 0.3 is 5.97 Å². The van der Waals surface area contributed by atoms with Gasteiger partial charge in [0.05, 0.1) is 6.10 Å². The summed E-state index contributed by atoms with van der Waals surface area (Å²) in [6.07, 6.45) is 1.91. The number of esters is 1. The summed E-state index contributed by atoms with van der Waals surface area (Å²) in [5.74, 6) is -0.491. The van der Waals surface area contributed by atoms with Crippen LogP contribution in [0.25, 0.3) is 0 Å². The fourth-order valence-corrected chi connectivity index (χ4v) is 4.23. The van der Waals surface area contributed by atoms with Crippen LogP contribution in [0.4, 0.5) is 0 Å². The highest BCUT2D eigenvalue weighted by Gasteiger charge is 2.37. The number of rotatable bonds is 7. The average Bonchev–Trinajstić information content (AvgIpc) is 2.71. The van der Waals surface area contributed by atoms with Crippen LogP contribution in [-0.2, 0) is 15.6 Å². The standard InChI is InChI=1S/C26H33NO5/c1-16(2)32-24(29)19-9-8-18(14-23(19)28)31-15-22(27-30)17-7-10-20-21(13-17)26(5,6)12-11-25(20,3)4/h7-10,13-14,16,22,28H,11-12,15H2,1-6H3. The van der Waals surface area contributed by atoms with E-state index in [9.17, 15) is 14.8 Å². The lowest BCUT2D eigenvalue weighted by molar-refractivity contribution is 0.0374. The third-order valence-corrected chi connectivity index (χ3v) is 6.33. The van der Waals surface area contributed by atoms with E-state index < -0.39 is 12.0 Å². The maximum atomic E-state index is 12.0. The number of benzene rings is 2. The van der Waals surface area contributed by atoms with Crippen molar-refractivity contribution >= 4 is 5.97 Å². The Kier molecular flexibility index (Phi) is 6.63. The van der Waals surface area contributed by atoms with E-state index in [1.54, 1.807) is 19.9 Å². The van der Waals surface area contributed by atoms with Crippen molar-refractivity contribution < 1.29 is 19.4 Å². The molecule has 6 nitrogen and oxygen atoms in total. The van der Waals surface area contributed by atoms with Crippen LogP contribution in [0, 0.1) is 4.91 Å². The number of carbonyl (C=O) groups is 1. The Bertz CT molecular complexity index is 1010. The Morgan fingerprint density at radius 2 is 1.69 bits per heavy atom. The van der Waals surface area contributed by atoms with E-state index in [0.717, 1.165) is 18.4 Å². The Labute approximate surface area is 189 Å². The zero-order valence-electron chi connectivity index (χ0n) is 19.8. The number of carbonyl (C=O) groups excluding carboxylic acids is 1. The first kappa shape index (κ1) is 23.8. The number of nitroso groups, excluding NO2 is 1. The average molecular weight is 440 g/mol. The largest absolute Gasteiger partial charge is 0.507 e. The molecule has 1 atom stereocenters. The molecule has 6 heteroatoms. The maximum Gasteiger partial charge on any atom is 0.342 e. The highest BCUT2D eigenvalue weighted by Crippen LogP contribution is 2.46. The molecule has 0 spiro atoms. The summed E-state index contributed by atoms with van der Waals surface area (Å²) in [5, 5.41) is 13.5. The molecule has 1 unspecified atom stereocenters. The first-order valence-corrected chi connectivity index (χ1v) is 11.1. The zero-order chi connectivity index (χ0) is 23.7. The van der Waals surface area contributed by atoms with Gasteiger partial charge in [0.1, 0.15) is 23.7 Å². The molecule has 0 saturated carbocycles. The van der Waals surface area contributed by atoms with Gasteiger partial charge in [-0.25, -0.2) is 4.79 Å². The molecule has 2 aromatic rings. The smallest absolute Gasteiger partial charge is 0.342 e. The molecule has 0 bridgehead atoms. The van der Waals surface area contributed by atoms with Gasteiger partial charge in [-0.1, -0.05) is 51.1 Å². The van der Waals surface area contributed by atoms with Gasteiger partial charge in [-0.2, -0.15) is 4.91 Å². The monoisotopic (exact) mass is 439 g/mol. The highest BCUT2D eigenvalue weighted by atomic mass is 16.5. The van der Waals surface area contributed by atoms with E-state index in [1.165, 1.54) is 23.3 Å². The summed E-state index contributed by atoms with van der Waals surface area (Å²) in [7, 11) is 0. The maximum absolute atomic E-state index is 12.0. The lowest BCUT2D eigenvalue weighted by atomic mass is 9.63. The summed E-state index contributed by atoms with van der Waals surface area (Å²) < 4.78 is 10.9. The first-order chi connectivity index (χ1) is 14.9. The predicted octanol–water partition coefficient (Wildman–Crippen LogP) is 6.19. The topological polar surface area (TPSA) is 85.2 Å². The number of fused-ring (bicyclic) bond motifs is 1. The van der Waals surface area contributed by atoms with Gasteiger partial charge in [0.15, 0.2) is 6.04 Å². The number of nitrogens with zero attached hydrogens (tertiary/aromatic N) is 1. The second-order valence-electron chi connectivity index (χ2n) is 10.1. The van der Waals surface area contributed by atoms with Crippen molar-refractivity contribution in [2.45, 2.75) is 77.4 Å². The fraction of sp³-hybridized carbons (Fsp3) is 0.500. The second kappa shape index (κ2) is 8.93. The normalized spacial score (nSPS) is 17.3. The van der Waals surface area contributed by atoms with Gasteiger partial charge in [0.25, 0.3) is 0 Å². The summed E-state index contributed by atoms with van der Waals surface area (Å²) in [5.41, 5.74) is 3.57. The van der Waals surface area contributed by atoms with Crippen LogP contribution in [0.3, 0.4) is 0 Å². The lowest BCUT2D eigenvalue weighted by Gasteiger charge is -2.42. The number of phenols is 1. The van der Waals surface area contributed by atoms with Gasteiger partial charge in [0, 0.05) is 6.07 Å². The summed E-state index contributed by atoms with van der Waals surface area (Å²) in [6.45, 7) is 12.5. The Hall–Kier alpha value is -2.89. The molecule has 0 amide bonds. The van der Waals surface area contributed by atoms with E-state index in [4.69, 9.17) is 9.47 Å². The van der Waals surface area contributed by atoms with Gasteiger partial charge in [0.2, 0.25) is 0 Å². The van der Waals surface area contributed by atoms with Crippen LogP contribution in [-0.4, -0.2) is 23.8 Å². The van der Waals surface area contributed by atoms with Crippen molar-refractivity contribution in [3.05, 3.63) is 63.6 Å². The van der Waals surface area contributed by atoms with Crippen molar-refractivity contribution in [3.8, 4) is 11.5 Å². The number of aromatic hydroxyl groups is 1. The molecule has 1 aliphatic rings. The van der Waals surface area contributed by atoms with Gasteiger partial charge in [-0.15, -0.1) is 0 Å². The van der Waals surface area contributed by atoms with Crippen LogP contribution in [0.5, 0.6) is 11.5 Å². The van der Waals surface area contributed by atoms with Crippen molar-refractivity contribution in [2.24, 2.45) is 5.18 Å². The Morgan fingerprint density at radius 1 is 1.03 bits per heavy atom. The molecular weight excluding hydrogens is 406 g/mol. The number of hydrogen-bond acceptors (Lipinski definition) is 6. The molecule has 2 aromatic carbocycles. The molecule has 0 fully saturated rings. The Morgan fingerprint density at radius 3 is 2.28 bits per heavy atom.